The van der Waals surface area contributed by atoms with Crippen molar-refractivity contribution in [2.45, 2.75) is 13.5 Å². The normalized spacial score (nSPS) is 10.6. The van der Waals surface area contributed by atoms with Crippen LogP contribution < -0.4 is 0 Å². The highest BCUT2D eigenvalue weighted by molar-refractivity contribution is 6.43. The van der Waals surface area contributed by atoms with Crippen LogP contribution in [0.2, 0.25) is 10.0 Å². The first-order valence-corrected chi connectivity index (χ1v) is 5.90. The van der Waals surface area contributed by atoms with Crippen LogP contribution in [0.15, 0.2) is 30.5 Å². The summed E-state index contributed by atoms with van der Waals surface area (Å²) in [5.74, 6) is 0. The van der Waals surface area contributed by atoms with Gasteiger partial charge in [-0.25, -0.2) is 0 Å². The Kier molecular flexibility index (Phi) is 3.67. The summed E-state index contributed by atoms with van der Waals surface area (Å²) in [6.07, 6.45) is 1.72. The van der Waals surface area contributed by atoms with Gasteiger partial charge in [-0.1, -0.05) is 35.3 Å². The fourth-order valence-electron chi connectivity index (χ4n) is 1.67. The van der Waals surface area contributed by atoms with Crippen LogP contribution in [0.3, 0.4) is 0 Å². The Labute approximate surface area is 110 Å². The van der Waals surface area contributed by atoms with E-state index in [2.05, 4.69) is 4.98 Å². The van der Waals surface area contributed by atoms with Gasteiger partial charge in [0.15, 0.2) is 0 Å². The van der Waals surface area contributed by atoms with E-state index >= 15 is 0 Å². The molecule has 1 heterocycles. The number of benzene rings is 1. The Balaban J connectivity index is 2.67. The highest BCUT2D eigenvalue weighted by atomic mass is 35.5. The molecule has 1 aromatic carbocycles. The van der Waals surface area contributed by atoms with Gasteiger partial charge in [0.1, 0.15) is 0 Å². The molecule has 0 radical (unpaired) electrons. The maximum absolute atomic E-state index is 9.29. The maximum Gasteiger partial charge on any atom is 0.0859 e. The van der Waals surface area contributed by atoms with Crippen LogP contribution in [0.25, 0.3) is 11.1 Å². The fraction of sp³-hybridized carbons (Fsp3) is 0.154. The van der Waals surface area contributed by atoms with Crippen LogP contribution in [0.1, 0.15) is 11.3 Å². The summed E-state index contributed by atoms with van der Waals surface area (Å²) in [5, 5.41) is 10.3. The Hall–Kier alpha value is -1.09. The van der Waals surface area contributed by atoms with Gasteiger partial charge < -0.3 is 5.11 Å². The van der Waals surface area contributed by atoms with Crippen molar-refractivity contribution in [3.63, 3.8) is 0 Å². The van der Waals surface area contributed by atoms with Crippen molar-refractivity contribution in [2.75, 3.05) is 0 Å². The van der Waals surface area contributed by atoms with E-state index in [1.165, 1.54) is 0 Å². The van der Waals surface area contributed by atoms with Gasteiger partial charge in [-0.2, -0.15) is 0 Å². The van der Waals surface area contributed by atoms with Crippen molar-refractivity contribution < 1.29 is 5.11 Å². The molecule has 4 heteroatoms. The third-order valence-electron chi connectivity index (χ3n) is 2.50. The monoisotopic (exact) mass is 267 g/mol. The van der Waals surface area contributed by atoms with E-state index in [-0.39, 0.29) is 6.61 Å². The van der Waals surface area contributed by atoms with Crippen molar-refractivity contribution in [1.82, 2.24) is 4.98 Å². The number of halogens is 2. The average Bonchev–Trinajstić information content (AvgIpc) is 2.33. The molecule has 2 nitrogen and oxygen atoms in total. The molecule has 0 amide bonds. The standard InChI is InChI=1S/C13H11Cl2NO/c1-8-5-10(12(7-17)16-6-8)9-3-2-4-11(14)13(9)15/h2-6,17H,7H2,1H3. The number of hydrogen-bond acceptors (Lipinski definition) is 2. The molecule has 0 aliphatic heterocycles. The molecular formula is C13H11Cl2NO. The van der Waals surface area contributed by atoms with Crippen LogP contribution >= 0.6 is 23.2 Å². The van der Waals surface area contributed by atoms with Crippen LogP contribution in [0.5, 0.6) is 0 Å². The largest absolute Gasteiger partial charge is 0.390 e. The van der Waals surface area contributed by atoms with Crippen LogP contribution in [-0.2, 0) is 6.61 Å². The number of aromatic nitrogens is 1. The summed E-state index contributed by atoms with van der Waals surface area (Å²) in [4.78, 5) is 4.19. The van der Waals surface area contributed by atoms with E-state index in [1.807, 2.05) is 25.1 Å². The summed E-state index contributed by atoms with van der Waals surface area (Å²) in [5.41, 5.74) is 3.22. The van der Waals surface area contributed by atoms with E-state index in [4.69, 9.17) is 23.2 Å². The molecule has 0 aliphatic rings. The molecule has 0 aliphatic carbocycles. The third-order valence-corrected chi connectivity index (χ3v) is 3.32. The van der Waals surface area contributed by atoms with E-state index in [9.17, 15) is 5.11 Å². The highest BCUT2D eigenvalue weighted by Crippen LogP contribution is 2.34. The number of hydrogen-bond donors (Lipinski definition) is 1. The van der Waals surface area contributed by atoms with Gasteiger partial charge in [-0.3, -0.25) is 4.98 Å². The molecular weight excluding hydrogens is 257 g/mol. The zero-order valence-corrected chi connectivity index (χ0v) is 10.8. The van der Waals surface area contributed by atoms with E-state index in [1.54, 1.807) is 12.3 Å². The van der Waals surface area contributed by atoms with Crippen molar-refractivity contribution in [3.8, 4) is 11.1 Å². The predicted molar refractivity (Wildman–Crippen MR) is 70.4 cm³/mol. The predicted octanol–water partition coefficient (Wildman–Crippen LogP) is 3.86. The topological polar surface area (TPSA) is 33.1 Å². The summed E-state index contributed by atoms with van der Waals surface area (Å²) in [6, 6.07) is 7.36. The summed E-state index contributed by atoms with van der Waals surface area (Å²) in [7, 11) is 0. The lowest BCUT2D eigenvalue weighted by molar-refractivity contribution is 0.277. The molecule has 0 saturated carbocycles. The summed E-state index contributed by atoms with van der Waals surface area (Å²) >= 11 is 12.2. The minimum Gasteiger partial charge on any atom is -0.390 e. The molecule has 17 heavy (non-hydrogen) atoms. The van der Waals surface area contributed by atoms with Crippen molar-refractivity contribution in [2.24, 2.45) is 0 Å². The summed E-state index contributed by atoms with van der Waals surface area (Å²) < 4.78 is 0. The van der Waals surface area contributed by atoms with Crippen LogP contribution in [0.4, 0.5) is 0 Å². The smallest absolute Gasteiger partial charge is 0.0859 e. The van der Waals surface area contributed by atoms with Gasteiger partial charge in [0.25, 0.3) is 0 Å². The van der Waals surface area contributed by atoms with Gasteiger partial charge in [-0.05, 0) is 24.6 Å². The van der Waals surface area contributed by atoms with Crippen LogP contribution in [-0.4, -0.2) is 10.1 Å². The van der Waals surface area contributed by atoms with Crippen molar-refractivity contribution in [1.29, 1.82) is 0 Å². The zero-order valence-electron chi connectivity index (χ0n) is 9.24. The minimum absolute atomic E-state index is 0.127. The lowest BCUT2D eigenvalue weighted by Crippen LogP contribution is -1.95. The van der Waals surface area contributed by atoms with Gasteiger partial charge in [0, 0.05) is 17.3 Å². The fourth-order valence-corrected chi connectivity index (χ4v) is 2.07. The second-order valence-electron chi connectivity index (χ2n) is 3.77. The Morgan fingerprint density at radius 2 is 2.00 bits per heavy atom. The number of pyridine rings is 1. The lowest BCUT2D eigenvalue weighted by Gasteiger charge is -2.10. The third kappa shape index (κ3) is 2.44. The quantitative estimate of drug-likeness (QED) is 0.897. The number of rotatable bonds is 2. The average molecular weight is 268 g/mol. The summed E-state index contributed by atoms with van der Waals surface area (Å²) in [6.45, 7) is 1.81. The first-order chi connectivity index (χ1) is 8.13. The molecule has 0 fully saturated rings. The van der Waals surface area contributed by atoms with E-state index in [0.29, 0.717) is 15.7 Å². The van der Waals surface area contributed by atoms with E-state index in [0.717, 1.165) is 16.7 Å². The Bertz CT molecular complexity index is 555. The molecule has 1 N–H and O–H groups in total. The zero-order chi connectivity index (χ0) is 12.4. The SMILES string of the molecule is Cc1cnc(CO)c(-c2cccc(Cl)c2Cl)c1. The van der Waals surface area contributed by atoms with Gasteiger partial charge >= 0.3 is 0 Å². The van der Waals surface area contributed by atoms with E-state index < -0.39 is 0 Å². The maximum atomic E-state index is 9.29. The Morgan fingerprint density at radius 3 is 2.71 bits per heavy atom. The number of aryl methyl sites for hydroxylation is 1. The minimum atomic E-state index is -0.127. The number of nitrogens with zero attached hydrogens (tertiary/aromatic N) is 1. The van der Waals surface area contributed by atoms with Crippen molar-refractivity contribution in [3.05, 3.63) is 51.8 Å². The second kappa shape index (κ2) is 5.05. The first-order valence-electron chi connectivity index (χ1n) is 5.14. The van der Waals surface area contributed by atoms with Crippen LogP contribution in [0, 0.1) is 6.92 Å². The number of aliphatic hydroxyl groups excluding tert-OH is 1. The van der Waals surface area contributed by atoms with Gasteiger partial charge in [0.2, 0.25) is 0 Å². The molecule has 2 rings (SSSR count). The molecule has 1 aromatic heterocycles. The first kappa shape index (κ1) is 12.4. The van der Waals surface area contributed by atoms with Crippen molar-refractivity contribution >= 4 is 23.2 Å². The molecule has 0 spiro atoms. The molecule has 0 atom stereocenters. The lowest BCUT2D eigenvalue weighted by atomic mass is 10.0. The molecule has 0 saturated heterocycles. The molecule has 2 aromatic rings. The van der Waals surface area contributed by atoms with Gasteiger partial charge in [-0.15, -0.1) is 0 Å². The molecule has 0 bridgehead atoms. The van der Waals surface area contributed by atoms with Gasteiger partial charge in [0.05, 0.1) is 22.3 Å². The molecule has 0 unspecified atom stereocenters. The highest BCUT2D eigenvalue weighted by Gasteiger charge is 2.11. The molecule has 88 valence electrons. The Morgan fingerprint density at radius 1 is 1.24 bits per heavy atom. The second-order valence-corrected chi connectivity index (χ2v) is 4.55. The number of aliphatic hydroxyl groups is 1.